The highest BCUT2D eigenvalue weighted by Crippen LogP contribution is 2.47. The fourth-order valence-corrected chi connectivity index (χ4v) is 3.98. The number of nitrogens with zero attached hydrogens (tertiary/aromatic N) is 1. The summed E-state index contributed by atoms with van der Waals surface area (Å²) in [5.74, 6) is 0.895. The van der Waals surface area contributed by atoms with Crippen LogP contribution in [0.25, 0.3) is 0 Å². The van der Waals surface area contributed by atoms with Crippen LogP contribution in [-0.2, 0) is 4.79 Å². The van der Waals surface area contributed by atoms with Gasteiger partial charge in [-0.2, -0.15) is 0 Å². The van der Waals surface area contributed by atoms with E-state index >= 15 is 0 Å². The minimum atomic E-state index is -0.984. The summed E-state index contributed by atoms with van der Waals surface area (Å²) in [6, 6.07) is 0.628. The van der Waals surface area contributed by atoms with Gasteiger partial charge in [-0.15, -0.1) is 0 Å². The third kappa shape index (κ3) is 1.47. The zero-order valence-electron chi connectivity index (χ0n) is 9.56. The molecule has 3 rings (SSSR count). The number of carbonyl (C=O) groups is 1. The molecule has 16 heavy (non-hydrogen) atoms. The van der Waals surface area contributed by atoms with Crippen molar-refractivity contribution in [2.24, 2.45) is 17.6 Å². The van der Waals surface area contributed by atoms with Crippen LogP contribution in [0.4, 0.5) is 0 Å². The maximum absolute atomic E-state index is 11.1. The van der Waals surface area contributed by atoms with E-state index in [2.05, 4.69) is 4.90 Å². The minimum absolute atomic E-state index is 0.552. The predicted octanol–water partition coefficient (Wildman–Crippen LogP) is 0.663. The van der Waals surface area contributed by atoms with Crippen LogP contribution in [0.2, 0.25) is 0 Å². The number of nitrogens with two attached hydrogens (primary N) is 1. The molecule has 4 unspecified atom stereocenters. The second-order valence-corrected chi connectivity index (χ2v) is 5.92. The normalized spacial score (nSPS) is 47.7. The van der Waals surface area contributed by atoms with Crippen molar-refractivity contribution in [3.8, 4) is 0 Å². The topological polar surface area (TPSA) is 66.6 Å². The van der Waals surface area contributed by atoms with Gasteiger partial charge in [-0.25, -0.2) is 0 Å². The maximum atomic E-state index is 11.1. The van der Waals surface area contributed by atoms with Gasteiger partial charge in [0, 0.05) is 19.1 Å². The molecule has 4 atom stereocenters. The molecule has 0 aromatic carbocycles. The number of aliphatic carboxylic acids is 1. The summed E-state index contributed by atoms with van der Waals surface area (Å²) in [7, 11) is 0. The lowest BCUT2D eigenvalue weighted by atomic mass is 9.94. The van der Waals surface area contributed by atoms with Crippen LogP contribution in [0.3, 0.4) is 0 Å². The number of hydrogen-bond acceptors (Lipinski definition) is 3. The Labute approximate surface area is 95.8 Å². The molecule has 1 heterocycles. The Morgan fingerprint density at radius 2 is 2.19 bits per heavy atom. The Bertz CT molecular complexity index is 320. The third-order valence-corrected chi connectivity index (χ3v) is 4.93. The van der Waals surface area contributed by atoms with Crippen LogP contribution in [0, 0.1) is 11.8 Å². The first-order valence-corrected chi connectivity index (χ1v) is 6.35. The lowest BCUT2D eigenvalue weighted by Gasteiger charge is -2.32. The van der Waals surface area contributed by atoms with Crippen LogP contribution in [0.15, 0.2) is 0 Å². The summed E-state index contributed by atoms with van der Waals surface area (Å²) in [6.45, 7) is 1.42. The van der Waals surface area contributed by atoms with Crippen molar-refractivity contribution in [1.82, 2.24) is 4.90 Å². The molecule has 3 fully saturated rings. The van der Waals surface area contributed by atoms with Crippen LogP contribution >= 0.6 is 0 Å². The maximum Gasteiger partial charge on any atom is 0.325 e. The van der Waals surface area contributed by atoms with Gasteiger partial charge in [0.15, 0.2) is 0 Å². The van der Waals surface area contributed by atoms with Gasteiger partial charge in [0.25, 0.3) is 0 Å². The summed E-state index contributed by atoms with van der Waals surface area (Å²) >= 11 is 0. The zero-order chi connectivity index (χ0) is 11.3. The Morgan fingerprint density at radius 3 is 2.69 bits per heavy atom. The van der Waals surface area contributed by atoms with Gasteiger partial charge in [-0.05, 0) is 37.5 Å². The van der Waals surface area contributed by atoms with Crippen molar-refractivity contribution in [1.29, 1.82) is 0 Å². The smallest absolute Gasteiger partial charge is 0.325 e. The monoisotopic (exact) mass is 224 g/mol. The molecule has 3 N–H and O–H groups in total. The first kappa shape index (κ1) is 10.5. The van der Waals surface area contributed by atoms with Gasteiger partial charge in [-0.1, -0.05) is 6.42 Å². The van der Waals surface area contributed by atoms with Crippen LogP contribution in [-0.4, -0.2) is 40.6 Å². The van der Waals surface area contributed by atoms with Gasteiger partial charge < -0.3 is 10.8 Å². The van der Waals surface area contributed by atoms with E-state index < -0.39 is 11.5 Å². The van der Waals surface area contributed by atoms with Crippen molar-refractivity contribution < 1.29 is 9.90 Å². The number of carboxylic acids is 1. The fraction of sp³-hybridized carbons (Fsp3) is 0.917. The van der Waals surface area contributed by atoms with Gasteiger partial charge in [0.2, 0.25) is 0 Å². The highest BCUT2D eigenvalue weighted by Gasteiger charge is 2.48. The van der Waals surface area contributed by atoms with Gasteiger partial charge in [0.05, 0.1) is 0 Å². The Morgan fingerprint density at radius 1 is 1.38 bits per heavy atom. The van der Waals surface area contributed by atoms with Crippen LogP contribution in [0.5, 0.6) is 0 Å². The number of hydrogen-bond donors (Lipinski definition) is 2. The minimum Gasteiger partial charge on any atom is -0.480 e. The lowest BCUT2D eigenvalue weighted by molar-refractivity contribution is -0.142. The Hall–Kier alpha value is -0.610. The summed E-state index contributed by atoms with van der Waals surface area (Å²) in [5, 5.41) is 9.11. The van der Waals surface area contributed by atoms with E-state index in [1.165, 1.54) is 25.7 Å². The molecule has 1 saturated heterocycles. The van der Waals surface area contributed by atoms with Crippen molar-refractivity contribution in [2.45, 2.75) is 43.7 Å². The molecule has 0 aromatic heterocycles. The van der Waals surface area contributed by atoms with Gasteiger partial charge >= 0.3 is 5.97 Å². The molecule has 2 saturated carbocycles. The van der Waals surface area contributed by atoms with Crippen molar-refractivity contribution in [3.05, 3.63) is 0 Å². The molecule has 0 amide bonds. The van der Waals surface area contributed by atoms with E-state index in [9.17, 15) is 4.79 Å². The first-order valence-electron chi connectivity index (χ1n) is 6.35. The Balaban J connectivity index is 1.68. The van der Waals surface area contributed by atoms with E-state index in [1.54, 1.807) is 0 Å². The van der Waals surface area contributed by atoms with E-state index in [0.29, 0.717) is 19.0 Å². The average molecular weight is 224 g/mol. The molecule has 2 aliphatic carbocycles. The standard InChI is InChI=1S/C12H20N2O2/c13-12(11(15)16)3-4-14(7-12)10-6-8-1-2-9(10)5-8/h8-10H,1-7,13H2,(H,15,16). The lowest BCUT2D eigenvalue weighted by Crippen LogP contribution is -2.51. The van der Waals surface area contributed by atoms with E-state index in [4.69, 9.17) is 10.8 Å². The number of rotatable bonds is 2. The second kappa shape index (κ2) is 3.44. The highest BCUT2D eigenvalue weighted by atomic mass is 16.4. The number of fused-ring (bicyclic) bond motifs is 2. The molecule has 3 aliphatic rings. The van der Waals surface area contributed by atoms with Gasteiger partial charge in [-0.3, -0.25) is 9.69 Å². The quantitative estimate of drug-likeness (QED) is 0.723. The molecule has 90 valence electrons. The largest absolute Gasteiger partial charge is 0.480 e. The predicted molar refractivity (Wildman–Crippen MR) is 60.0 cm³/mol. The number of carboxylic acid groups (broad SMARTS) is 1. The summed E-state index contributed by atoms with van der Waals surface area (Å²) < 4.78 is 0. The van der Waals surface area contributed by atoms with Crippen LogP contribution in [0.1, 0.15) is 32.1 Å². The SMILES string of the molecule is NC1(C(=O)O)CCN(C2CC3CCC2C3)C1. The molecule has 4 nitrogen and oxygen atoms in total. The molecule has 0 radical (unpaired) electrons. The Kier molecular flexibility index (Phi) is 2.27. The molecular formula is C12H20N2O2. The summed E-state index contributed by atoms with van der Waals surface area (Å²) in [6.07, 6.45) is 5.99. The molecule has 0 spiro atoms. The van der Waals surface area contributed by atoms with E-state index in [1.807, 2.05) is 0 Å². The third-order valence-electron chi connectivity index (χ3n) is 4.93. The summed E-state index contributed by atoms with van der Waals surface area (Å²) in [5.41, 5.74) is 4.93. The highest BCUT2D eigenvalue weighted by molar-refractivity contribution is 5.79. The second-order valence-electron chi connectivity index (χ2n) is 5.92. The zero-order valence-corrected chi connectivity index (χ0v) is 9.56. The van der Waals surface area contributed by atoms with E-state index in [0.717, 1.165) is 18.4 Å². The number of likely N-dealkylation sites (tertiary alicyclic amines) is 1. The molecule has 2 bridgehead atoms. The van der Waals surface area contributed by atoms with Crippen molar-refractivity contribution in [3.63, 3.8) is 0 Å². The molecular weight excluding hydrogens is 204 g/mol. The first-order chi connectivity index (χ1) is 7.58. The van der Waals surface area contributed by atoms with Crippen LogP contribution < -0.4 is 5.73 Å². The average Bonchev–Trinajstić information content (AvgIpc) is 2.91. The van der Waals surface area contributed by atoms with E-state index in [-0.39, 0.29) is 0 Å². The van der Waals surface area contributed by atoms with Gasteiger partial charge in [0.1, 0.15) is 5.54 Å². The molecule has 1 aliphatic heterocycles. The molecule has 4 heteroatoms. The van der Waals surface area contributed by atoms with Crippen molar-refractivity contribution in [2.75, 3.05) is 13.1 Å². The van der Waals surface area contributed by atoms with Crippen molar-refractivity contribution >= 4 is 5.97 Å². The fourth-order valence-electron chi connectivity index (χ4n) is 3.98. The summed E-state index contributed by atoms with van der Waals surface area (Å²) in [4.78, 5) is 13.4. The molecule has 0 aromatic rings.